The Kier molecular flexibility index (Phi) is 4.40. The first kappa shape index (κ1) is 12.4. The predicted octanol–water partition coefficient (Wildman–Crippen LogP) is 4.34. The molecular formula is C14H14OS2. The van der Waals surface area contributed by atoms with Gasteiger partial charge in [0.15, 0.2) is 0 Å². The molecular weight excluding hydrogens is 248 g/mol. The summed E-state index contributed by atoms with van der Waals surface area (Å²) in [6.45, 7) is 0. The summed E-state index contributed by atoms with van der Waals surface area (Å²) in [7, 11) is 0. The normalized spacial score (nSPS) is 10.2. The lowest BCUT2D eigenvalue weighted by atomic mass is 10.2. The van der Waals surface area contributed by atoms with E-state index in [-0.39, 0.29) is 0 Å². The Bertz CT molecular complexity index is 417. The minimum absolute atomic E-state index is 0.747. The quantitative estimate of drug-likeness (QED) is 0.779. The molecule has 0 bridgehead atoms. The van der Waals surface area contributed by atoms with Crippen molar-refractivity contribution in [1.82, 2.24) is 0 Å². The SMILES string of the molecule is SCc1ccc(Oc2ccc(CS)cc2)cc1. The van der Waals surface area contributed by atoms with E-state index < -0.39 is 0 Å². The van der Waals surface area contributed by atoms with Crippen LogP contribution in [-0.4, -0.2) is 0 Å². The van der Waals surface area contributed by atoms with Crippen molar-refractivity contribution in [1.29, 1.82) is 0 Å². The number of benzene rings is 2. The maximum Gasteiger partial charge on any atom is 0.127 e. The zero-order chi connectivity index (χ0) is 12.1. The summed E-state index contributed by atoms with van der Waals surface area (Å²) < 4.78 is 5.73. The third-order valence-corrected chi connectivity index (χ3v) is 3.18. The molecule has 0 amide bonds. The second-order valence-corrected chi connectivity index (χ2v) is 4.34. The molecule has 0 radical (unpaired) electrons. The van der Waals surface area contributed by atoms with Gasteiger partial charge in [-0.1, -0.05) is 24.3 Å². The molecule has 0 heterocycles. The maximum atomic E-state index is 5.73. The van der Waals surface area contributed by atoms with Crippen molar-refractivity contribution in [2.75, 3.05) is 0 Å². The van der Waals surface area contributed by atoms with Crippen LogP contribution in [0.2, 0.25) is 0 Å². The molecule has 2 rings (SSSR count). The molecule has 3 heteroatoms. The molecule has 0 aliphatic heterocycles. The molecule has 0 saturated heterocycles. The van der Waals surface area contributed by atoms with Gasteiger partial charge in [-0.15, -0.1) is 0 Å². The molecule has 0 aliphatic carbocycles. The van der Waals surface area contributed by atoms with E-state index in [2.05, 4.69) is 25.3 Å². The van der Waals surface area contributed by atoms with Crippen LogP contribution in [0.3, 0.4) is 0 Å². The van der Waals surface area contributed by atoms with Crippen molar-refractivity contribution in [3.8, 4) is 11.5 Å². The fourth-order valence-corrected chi connectivity index (χ4v) is 1.88. The number of thiol groups is 2. The van der Waals surface area contributed by atoms with Crippen molar-refractivity contribution in [3.63, 3.8) is 0 Å². The van der Waals surface area contributed by atoms with Gasteiger partial charge in [0, 0.05) is 11.5 Å². The van der Waals surface area contributed by atoms with Crippen LogP contribution >= 0.6 is 25.3 Å². The van der Waals surface area contributed by atoms with Gasteiger partial charge in [0.05, 0.1) is 0 Å². The lowest BCUT2D eigenvalue weighted by Crippen LogP contribution is -1.85. The van der Waals surface area contributed by atoms with Crippen LogP contribution in [0.15, 0.2) is 48.5 Å². The van der Waals surface area contributed by atoms with Gasteiger partial charge in [-0.2, -0.15) is 25.3 Å². The summed E-state index contributed by atoms with van der Waals surface area (Å²) in [6, 6.07) is 15.9. The highest BCUT2D eigenvalue weighted by atomic mass is 32.1. The predicted molar refractivity (Wildman–Crippen MR) is 78.3 cm³/mol. The third-order valence-electron chi connectivity index (χ3n) is 2.45. The third kappa shape index (κ3) is 3.45. The van der Waals surface area contributed by atoms with Gasteiger partial charge in [-0.3, -0.25) is 0 Å². The summed E-state index contributed by atoms with van der Waals surface area (Å²) in [5.74, 6) is 3.18. The van der Waals surface area contributed by atoms with E-state index in [4.69, 9.17) is 4.74 Å². The Morgan fingerprint density at radius 3 is 1.29 bits per heavy atom. The molecule has 1 nitrogen and oxygen atoms in total. The molecule has 0 aliphatic rings. The summed E-state index contributed by atoms with van der Waals surface area (Å²) in [5, 5.41) is 0. The Hall–Kier alpha value is -1.06. The lowest BCUT2D eigenvalue weighted by molar-refractivity contribution is 0.482. The van der Waals surface area contributed by atoms with Gasteiger partial charge < -0.3 is 4.74 Å². The second kappa shape index (κ2) is 6.03. The highest BCUT2D eigenvalue weighted by Gasteiger charge is 1.97. The molecule has 0 atom stereocenters. The van der Waals surface area contributed by atoms with Crippen molar-refractivity contribution in [2.24, 2.45) is 0 Å². The largest absolute Gasteiger partial charge is 0.457 e. The number of rotatable bonds is 4. The zero-order valence-corrected chi connectivity index (χ0v) is 11.1. The highest BCUT2D eigenvalue weighted by Crippen LogP contribution is 2.22. The van der Waals surface area contributed by atoms with Crippen LogP contribution < -0.4 is 4.74 Å². The van der Waals surface area contributed by atoms with E-state index in [0.29, 0.717) is 0 Å². The summed E-state index contributed by atoms with van der Waals surface area (Å²) in [6.07, 6.45) is 0. The van der Waals surface area contributed by atoms with Gasteiger partial charge >= 0.3 is 0 Å². The first-order valence-electron chi connectivity index (χ1n) is 5.39. The molecule has 0 spiro atoms. The summed E-state index contributed by atoms with van der Waals surface area (Å²) >= 11 is 8.43. The van der Waals surface area contributed by atoms with E-state index in [1.807, 2.05) is 48.5 Å². The smallest absolute Gasteiger partial charge is 0.127 e. The number of hydrogen-bond acceptors (Lipinski definition) is 3. The van der Waals surface area contributed by atoms with E-state index >= 15 is 0 Å². The number of ether oxygens (including phenoxy) is 1. The first-order chi connectivity index (χ1) is 8.31. The Labute approximate surface area is 113 Å². The van der Waals surface area contributed by atoms with Gasteiger partial charge in [-0.05, 0) is 35.4 Å². The zero-order valence-electron chi connectivity index (χ0n) is 9.34. The molecule has 0 aromatic heterocycles. The highest BCUT2D eigenvalue weighted by molar-refractivity contribution is 7.79. The average Bonchev–Trinajstić information content (AvgIpc) is 2.40. The first-order valence-corrected chi connectivity index (χ1v) is 6.66. The van der Waals surface area contributed by atoms with E-state index in [1.54, 1.807) is 0 Å². The summed E-state index contributed by atoms with van der Waals surface area (Å²) in [4.78, 5) is 0. The minimum atomic E-state index is 0.747. The summed E-state index contributed by atoms with van der Waals surface area (Å²) in [5.41, 5.74) is 2.37. The van der Waals surface area contributed by atoms with E-state index in [9.17, 15) is 0 Å². The van der Waals surface area contributed by atoms with Crippen molar-refractivity contribution in [3.05, 3.63) is 59.7 Å². The van der Waals surface area contributed by atoms with Gasteiger partial charge in [0.2, 0.25) is 0 Å². The minimum Gasteiger partial charge on any atom is -0.457 e. The molecule has 0 fully saturated rings. The molecule has 0 saturated carbocycles. The van der Waals surface area contributed by atoms with Gasteiger partial charge in [0.25, 0.3) is 0 Å². The van der Waals surface area contributed by atoms with Gasteiger partial charge in [0.1, 0.15) is 11.5 Å². The standard InChI is InChI=1S/C14H14OS2/c16-9-11-1-5-13(6-2-11)15-14-7-3-12(10-17)4-8-14/h1-8,16-17H,9-10H2. The molecule has 0 unspecified atom stereocenters. The molecule has 2 aromatic rings. The van der Waals surface area contributed by atoms with Crippen LogP contribution in [0.5, 0.6) is 11.5 Å². The fraction of sp³-hybridized carbons (Fsp3) is 0.143. The monoisotopic (exact) mass is 262 g/mol. The molecule has 17 heavy (non-hydrogen) atoms. The topological polar surface area (TPSA) is 9.23 Å². The van der Waals surface area contributed by atoms with Crippen molar-refractivity contribution >= 4 is 25.3 Å². The van der Waals surface area contributed by atoms with Crippen molar-refractivity contribution < 1.29 is 4.74 Å². The van der Waals surface area contributed by atoms with Crippen LogP contribution in [0, 0.1) is 0 Å². The molecule has 2 aromatic carbocycles. The Morgan fingerprint density at radius 1 is 0.647 bits per heavy atom. The second-order valence-electron chi connectivity index (χ2n) is 3.71. The maximum absolute atomic E-state index is 5.73. The van der Waals surface area contributed by atoms with E-state index in [1.165, 1.54) is 11.1 Å². The van der Waals surface area contributed by atoms with Crippen LogP contribution in [0.25, 0.3) is 0 Å². The fourth-order valence-electron chi connectivity index (χ4n) is 1.46. The lowest BCUT2D eigenvalue weighted by Gasteiger charge is -2.06. The molecule has 88 valence electrons. The average molecular weight is 262 g/mol. The van der Waals surface area contributed by atoms with E-state index in [0.717, 1.165) is 23.0 Å². The Balaban J connectivity index is 2.08. The van der Waals surface area contributed by atoms with Crippen molar-refractivity contribution in [2.45, 2.75) is 11.5 Å². The van der Waals surface area contributed by atoms with Crippen LogP contribution in [0.1, 0.15) is 11.1 Å². The van der Waals surface area contributed by atoms with Crippen LogP contribution in [0.4, 0.5) is 0 Å². The Morgan fingerprint density at radius 2 is 1.00 bits per heavy atom. The number of hydrogen-bond donors (Lipinski definition) is 2. The van der Waals surface area contributed by atoms with Crippen LogP contribution in [-0.2, 0) is 11.5 Å². The molecule has 0 N–H and O–H groups in total. The van der Waals surface area contributed by atoms with Gasteiger partial charge in [-0.25, -0.2) is 0 Å².